The molecule has 4 N–H and O–H groups in total. The Morgan fingerprint density at radius 3 is 0.981 bits per heavy atom. The SMILES string of the molecule is CC(C)Oc1cc(Oc2ccc(S(C)(=O)=O)cc2)cc(C(=O)Nc2cnc(CO)cn2)c1.CCOC(=O)c1cnc(NC(=O)c2cc(Oc3ccc(S(C)(=O)=O)cc3)cc(OC(C)C)c2)cn1.CCOP(=O)(Cc1cnc(NC(=O)c2cc(Oc3ccc(S(C)(=O)=O)cc3)cc(OC(C)C)c2)cn1)OCC. The van der Waals surface area contributed by atoms with Gasteiger partial charge in [-0.2, -0.15) is 0 Å². The molecule has 0 unspecified atom stereocenters. The lowest BCUT2D eigenvalue weighted by molar-refractivity contribution is 0.0518. The van der Waals surface area contributed by atoms with Gasteiger partial charge in [0.15, 0.2) is 52.7 Å². The number of carbonyl (C=O) groups excluding carboxylic acids is 4. The van der Waals surface area contributed by atoms with E-state index in [1.54, 1.807) is 57.2 Å². The van der Waals surface area contributed by atoms with Crippen LogP contribution >= 0.6 is 7.60 Å². The van der Waals surface area contributed by atoms with Crippen molar-refractivity contribution < 1.29 is 96.3 Å². The van der Waals surface area contributed by atoms with Crippen LogP contribution in [0, 0.1) is 0 Å². The molecule has 9 rings (SSSR count). The maximum absolute atomic E-state index is 13.1. The fraction of sp³-hybridized carbons (Fsp3) is 0.278. The van der Waals surface area contributed by atoms with E-state index < -0.39 is 60.8 Å². The largest absolute Gasteiger partial charge is 0.491 e. The van der Waals surface area contributed by atoms with E-state index in [4.69, 9.17) is 47.3 Å². The van der Waals surface area contributed by atoms with Gasteiger partial charge in [0.05, 0.1) is 114 Å². The molecular formula is C72H80N9O21PS3. The minimum Gasteiger partial charge on any atom is -0.491 e. The number of ether oxygens (including phenoxy) is 7. The first kappa shape index (κ1) is 82.5. The van der Waals surface area contributed by atoms with Crippen LogP contribution in [0.2, 0.25) is 0 Å². The summed E-state index contributed by atoms with van der Waals surface area (Å²) in [7, 11) is -13.3. The number of rotatable bonds is 30. The van der Waals surface area contributed by atoms with Gasteiger partial charge in [-0.05, 0) is 172 Å². The number of carbonyl (C=O) groups is 4. The summed E-state index contributed by atoms with van der Waals surface area (Å²) in [5, 5.41) is 17.0. The molecule has 562 valence electrons. The Hall–Kier alpha value is -10.8. The van der Waals surface area contributed by atoms with Crippen molar-refractivity contribution >= 4 is 78.3 Å². The van der Waals surface area contributed by atoms with Gasteiger partial charge >= 0.3 is 13.6 Å². The Morgan fingerprint density at radius 1 is 0.406 bits per heavy atom. The Labute approximate surface area is 613 Å². The molecular weight excluding hydrogens is 1450 g/mol. The zero-order valence-corrected chi connectivity index (χ0v) is 63.2. The number of esters is 1. The molecule has 0 saturated heterocycles. The van der Waals surface area contributed by atoms with Crippen molar-refractivity contribution in [3.63, 3.8) is 0 Å². The molecule has 106 heavy (non-hydrogen) atoms. The number of hydrogen-bond acceptors (Lipinski definition) is 27. The number of nitrogens with zero attached hydrogens (tertiary/aromatic N) is 6. The molecule has 6 aromatic carbocycles. The smallest absolute Gasteiger partial charge is 0.358 e. The first-order valence-electron chi connectivity index (χ1n) is 32.5. The molecule has 0 spiro atoms. The zero-order chi connectivity index (χ0) is 77.5. The summed E-state index contributed by atoms with van der Waals surface area (Å²) in [5.74, 6) is 1.84. The highest BCUT2D eigenvalue weighted by Gasteiger charge is 2.26. The highest BCUT2D eigenvalue weighted by molar-refractivity contribution is 7.91. The number of hydrogen-bond donors (Lipinski definition) is 4. The van der Waals surface area contributed by atoms with Crippen molar-refractivity contribution in [3.8, 4) is 51.7 Å². The third-order valence-corrected chi connectivity index (χ3v) is 18.8. The lowest BCUT2D eigenvalue weighted by Crippen LogP contribution is -2.15. The number of amides is 3. The van der Waals surface area contributed by atoms with E-state index >= 15 is 0 Å². The van der Waals surface area contributed by atoms with Gasteiger partial charge in [0.25, 0.3) is 17.7 Å². The van der Waals surface area contributed by atoms with Gasteiger partial charge in [0.1, 0.15) is 51.7 Å². The fourth-order valence-corrected chi connectivity index (χ4v) is 12.5. The third kappa shape index (κ3) is 26.4. The van der Waals surface area contributed by atoms with Crippen LogP contribution in [0.3, 0.4) is 0 Å². The van der Waals surface area contributed by atoms with Crippen LogP contribution in [0.1, 0.15) is 115 Å². The second kappa shape index (κ2) is 37.8. The second-order valence-corrected chi connectivity index (χ2v) is 31.6. The van der Waals surface area contributed by atoms with Crippen molar-refractivity contribution in [1.82, 2.24) is 29.9 Å². The predicted octanol–water partition coefficient (Wildman–Crippen LogP) is 12.6. The molecule has 0 aliphatic carbocycles. The minimum absolute atomic E-state index is 0.0229. The molecule has 0 bridgehead atoms. The van der Waals surface area contributed by atoms with Gasteiger partial charge < -0.3 is 63.3 Å². The van der Waals surface area contributed by atoms with E-state index in [1.165, 1.54) is 128 Å². The van der Waals surface area contributed by atoms with Crippen molar-refractivity contribution in [1.29, 1.82) is 0 Å². The molecule has 0 radical (unpaired) electrons. The topological polar surface area (TPSA) is 404 Å². The molecule has 9 aromatic rings. The first-order chi connectivity index (χ1) is 50.1. The molecule has 3 amide bonds. The Kier molecular flexibility index (Phi) is 29.4. The van der Waals surface area contributed by atoms with E-state index in [-0.39, 0.29) is 105 Å². The normalized spacial score (nSPS) is 11.4. The quantitative estimate of drug-likeness (QED) is 0.0240. The molecule has 0 fully saturated rings. The van der Waals surface area contributed by atoms with Crippen molar-refractivity contribution in [2.75, 3.05) is 54.5 Å². The zero-order valence-electron chi connectivity index (χ0n) is 59.8. The fourth-order valence-electron chi connectivity index (χ4n) is 8.97. The number of benzene rings is 6. The van der Waals surface area contributed by atoms with Gasteiger partial charge in [0.2, 0.25) is 0 Å². The summed E-state index contributed by atoms with van der Waals surface area (Å²) in [6, 6.07) is 31.9. The molecule has 0 atom stereocenters. The third-order valence-electron chi connectivity index (χ3n) is 13.4. The van der Waals surface area contributed by atoms with E-state index in [0.29, 0.717) is 63.1 Å². The molecule has 30 nitrogen and oxygen atoms in total. The van der Waals surface area contributed by atoms with Gasteiger partial charge in [-0.1, -0.05) is 0 Å². The number of sulfone groups is 3. The number of aromatic nitrogens is 6. The summed E-state index contributed by atoms with van der Waals surface area (Å²) >= 11 is 0. The average Bonchev–Trinajstić information content (AvgIpc) is 0.834. The number of aliphatic hydroxyl groups is 1. The van der Waals surface area contributed by atoms with Crippen molar-refractivity contribution in [3.05, 3.63) is 198 Å². The van der Waals surface area contributed by atoms with E-state index in [0.717, 1.165) is 18.8 Å². The summed E-state index contributed by atoms with van der Waals surface area (Å²) in [6.45, 7) is 16.7. The molecule has 0 aliphatic rings. The number of anilines is 3. The summed E-state index contributed by atoms with van der Waals surface area (Å²) in [4.78, 5) is 75.3. The van der Waals surface area contributed by atoms with E-state index in [9.17, 15) is 49.0 Å². The first-order valence-corrected chi connectivity index (χ1v) is 39.9. The van der Waals surface area contributed by atoms with Crippen LogP contribution in [0.15, 0.2) is 179 Å². The Bertz CT molecular complexity index is 4900. The number of nitrogens with one attached hydrogen (secondary N) is 3. The lowest BCUT2D eigenvalue weighted by atomic mass is 10.2. The highest BCUT2D eigenvalue weighted by atomic mass is 32.2. The number of aliphatic hydroxyl groups excluding tert-OH is 1. The standard InChI is InChI=1S/C26H32N3O8PS.C24H25N3O7S.C22H23N3O6S/c1-6-34-38(31,35-7-2)17-20-15-28-25(16-27-20)29-26(30)19-12-22(36-18(3)4)14-23(13-19)37-21-8-10-24(11-9-21)39(5,32)33;1-5-32-24(29)21-13-26-22(14-25-21)27-23(28)16-10-18(33-15(2)3)12-19(11-16)34-17-6-8-20(9-7-17)35(4,30)31;1-14(2)30-18-8-15(22(27)25-21-12-23-16(13-26)11-24-21)9-19(10-18)31-17-4-6-20(7-5-17)32(3,28)29/h8-16,18H,6-7,17H2,1-5H3,(H,28,29,30);6-15H,5H2,1-4H3,(H,26,27,28);4-12,14,26H,13H2,1-3H3,(H,24,25,27). The predicted molar refractivity (Wildman–Crippen MR) is 392 cm³/mol. The van der Waals surface area contributed by atoms with Crippen LogP contribution < -0.4 is 44.4 Å². The monoisotopic (exact) mass is 1530 g/mol. The summed E-state index contributed by atoms with van der Waals surface area (Å²) in [6.07, 6.45) is 10.8. The van der Waals surface area contributed by atoms with Crippen LogP contribution in [0.25, 0.3) is 0 Å². The van der Waals surface area contributed by atoms with Crippen LogP contribution in [-0.2, 0) is 60.6 Å². The van der Waals surface area contributed by atoms with E-state index in [1.807, 2.05) is 41.5 Å². The average molecular weight is 1530 g/mol. The van der Waals surface area contributed by atoms with Crippen molar-refractivity contribution in [2.24, 2.45) is 0 Å². The Balaban J connectivity index is 0.000000223. The van der Waals surface area contributed by atoms with Crippen LogP contribution in [0.5, 0.6) is 51.7 Å². The lowest BCUT2D eigenvalue weighted by Gasteiger charge is -2.16. The maximum Gasteiger partial charge on any atom is 0.358 e. The van der Waals surface area contributed by atoms with Gasteiger partial charge in [-0.3, -0.25) is 28.9 Å². The maximum atomic E-state index is 13.1. The molecule has 0 aliphatic heterocycles. The van der Waals surface area contributed by atoms with Gasteiger partial charge in [0, 0.05) is 53.7 Å². The second-order valence-electron chi connectivity index (χ2n) is 23.5. The Morgan fingerprint density at radius 2 is 0.717 bits per heavy atom. The van der Waals surface area contributed by atoms with Crippen LogP contribution in [-0.4, -0.2) is 141 Å². The minimum atomic E-state index is -3.34. The molecule has 34 heteroatoms. The molecule has 3 heterocycles. The summed E-state index contributed by atoms with van der Waals surface area (Å²) < 4.78 is 133. The highest BCUT2D eigenvalue weighted by Crippen LogP contribution is 2.51. The van der Waals surface area contributed by atoms with Crippen LogP contribution in [0.4, 0.5) is 17.5 Å². The summed E-state index contributed by atoms with van der Waals surface area (Å²) in [5.41, 5.74) is 1.52. The van der Waals surface area contributed by atoms with E-state index in [2.05, 4.69) is 45.9 Å². The van der Waals surface area contributed by atoms with Crippen molar-refractivity contribution in [2.45, 2.75) is 108 Å². The molecule has 0 saturated carbocycles. The van der Waals surface area contributed by atoms with Gasteiger partial charge in [-0.15, -0.1) is 0 Å². The molecule has 3 aromatic heterocycles. The van der Waals surface area contributed by atoms with Gasteiger partial charge in [-0.25, -0.2) is 50.0 Å².